The molecule has 114 valence electrons. The van der Waals surface area contributed by atoms with Crippen molar-refractivity contribution in [2.75, 3.05) is 12.4 Å². The lowest BCUT2D eigenvalue weighted by Gasteiger charge is -2.16. The second-order valence-electron chi connectivity index (χ2n) is 5.03. The molecule has 0 bridgehead atoms. The number of likely N-dealkylation sites (N-methyl/N-ethyl adjacent to an activating group) is 1. The fourth-order valence-corrected chi connectivity index (χ4v) is 2.06. The van der Waals surface area contributed by atoms with E-state index in [4.69, 9.17) is 0 Å². The Labute approximate surface area is 130 Å². The van der Waals surface area contributed by atoms with E-state index >= 15 is 0 Å². The van der Waals surface area contributed by atoms with Gasteiger partial charge in [0.15, 0.2) is 0 Å². The van der Waals surface area contributed by atoms with E-state index in [-0.39, 0.29) is 0 Å². The molecule has 1 aromatic heterocycles. The second kappa shape index (κ2) is 7.36. The SMILES string of the molecule is CCc1cccc(NC(=O)C(=O)N(C)Cc2cccnc2)c1. The number of hydrogen-bond donors (Lipinski definition) is 1. The second-order valence-corrected chi connectivity index (χ2v) is 5.03. The van der Waals surface area contributed by atoms with Gasteiger partial charge in [-0.2, -0.15) is 0 Å². The van der Waals surface area contributed by atoms with Crippen molar-refractivity contribution in [2.24, 2.45) is 0 Å². The molecule has 5 heteroatoms. The van der Waals surface area contributed by atoms with Crippen LogP contribution in [0.3, 0.4) is 0 Å². The Morgan fingerprint density at radius 1 is 1.18 bits per heavy atom. The van der Waals surface area contributed by atoms with Gasteiger partial charge >= 0.3 is 11.8 Å². The van der Waals surface area contributed by atoms with Gasteiger partial charge in [0.25, 0.3) is 0 Å². The number of hydrogen-bond acceptors (Lipinski definition) is 3. The van der Waals surface area contributed by atoms with Crippen LogP contribution in [0.1, 0.15) is 18.1 Å². The lowest BCUT2D eigenvalue weighted by Crippen LogP contribution is -2.36. The molecular formula is C17H19N3O2. The maximum atomic E-state index is 12.1. The van der Waals surface area contributed by atoms with Gasteiger partial charge in [0.1, 0.15) is 0 Å². The average molecular weight is 297 g/mol. The van der Waals surface area contributed by atoms with E-state index in [2.05, 4.69) is 10.3 Å². The number of aromatic nitrogens is 1. The molecule has 2 aromatic rings. The minimum Gasteiger partial charge on any atom is -0.333 e. The van der Waals surface area contributed by atoms with Crippen LogP contribution in [0.25, 0.3) is 0 Å². The Morgan fingerprint density at radius 2 is 1.95 bits per heavy atom. The topological polar surface area (TPSA) is 62.3 Å². The summed E-state index contributed by atoms with van der Waals surface area (Å²) < 4.78 is 0. The van der Waals surface area contributed by atoms with Gasteiger partial charge in [0.05, 0.1) is 0 Å². The third kappa shape index (κ3) is 4.15. The van der Waals surface area contributed by atoms with Crippen LogP contribution in [0.4, 0.5) is 5.69 Å². The maximum absolute atomic E-state index is 12.1. The van der Waals surface area contributed by atoms with Crippen LogP contribution in [0.15, 0.2) is 48.8 Å². The van der Waals surface area contributed by atoms with Crippen molar-refractivity contribution in [2.45, 2.75) is 19.9 Å². The van der Waals surface area contributed by atoms with Crippen LogP contribution >= 0.6 is 0 Å². The summed E-state index contributed by atoms with van der Waals surface area (Å²) in [7, 11) is 1.59. The Morgan fingerprint density at radius 3 is 2.64 bits per heavy atom. The van der Waals surface area contributed by atoms with E-state index in [0.29, 0.717) is 12.2 Å². The summed E-state index contributed by atoms with van der Waals surface area (Å²) in [6, 6.07) is 11.1. The molecule has 1 N–H and O–H groups in total. The highest BCUT2D eigenvalue weighted by Gasteiger charge is 2.19. The molecule has 0 saturated heterocycles. The van der Waals surface area contributed by atoms with Gasteiger partial charge in [-0.25, -0.2) is 0 Å². The molecule has 0 saturated carbocycles. The Bertz CT molecular complexity index is 656. The molecule has 5 nitrogen and oxygen atoms in total. The minimum absolute atomic E-state index is 0.342. The van der Waals surface area contributed by atoms with Crippen LogP contribution in [0.2, 0.25) is 0 Å². The molecule has 0 aliphatic heterocycles. The van der Waals surface area contributed by atoms with Crippen molar-refractivity contribution >= 4 is 17.5 Å². The first-order valence-corrected chi connectivity index (χ1v) is 7.14. The monoisotopic (exact) mass is 297 g/mol. The lowest BCUT2D eigenvalue weighted by molar-refractivity contribution is -0.142. The van der Waals surface area contributed by atoms with Gasteiger partial charge < -0.3 is 10.2 Å². The Kier molecular flexibility index (Phi) is 5.25. The highest BCUT2D eigenvalue weighted by Crippen LogP contribution is 2.11. The molecule has 0 atom stereocenters. The van der Waals surface area contributed by atoms with Crippen molar-refractivity contribution < 1.29 is 9.59 Å². The number of anilines is 1. The molecule has 0 aliphatic rings. The van der Waals surface area contributed by atoms with E-state index in [1.165, 1.54) is 4.90 Å². The predicted molar refractivity (Wildman–Crippen MR) is 85.2 cm³/mol. The summed E-state index contributed by atoms with van der Waals surface area (Å²) in [6.07, 6.45) is 4.21. The number of amides is 2. The van der Waals surface area contributed by atoms with Gasteiger partial charge in [-0.05, 0) is 35.7 Å². The number of carbonyl (C=O) groups is 2. The highest BCUT2D eigenvalue weighted by atomic mass is 16.2. The first-order valence-electron chi connectivity index (χ1n) is 7.14. The number of benzene rings is 1. The summed E-state index contributed by atoms with van der Waals surface area (Å²) in [5.41, 5.74) is 2.61. The Balaban J connectivity index is 1.97. The Hall–Kier alpha value is -2.69. The standard InChI is InChI=1S/C17H19N3O2/c1-3-13-6-4-8-15(10-13)19-16(21)17(22)20(2)12-14-7-5-9-18-11-14/h4-11H,3,12H2,1-2H3,(H,19,21). The third-order valence-electron chi connectivity index (χ3n) is 3.28. The fourth-order valence-electron chi connectivity index (χ4n) is 2.06. The van der Waals surface area contributed by atoms with Crippen molar-refractivity contribution in [1.82, 2.24) is 9.88 Å². The van der Waals surface area contributed by atoms with Crippen molar-refractivity contribution in [1.29, 1.82) is 0 Å². The normalized spacial score (nSPS) is 10.1. The molecule has 1 aromatic carbocycles. The van der Waals surface area contributed by atoms with Crippen LogP contribution in [0, 0.1) is 0 Å². The molecule has 0 aliphatic carbocycles. The highest BCUT2D eigenvalue weighted by molar-refractivity contribution is 6.39. The molecule has 0 unspecified atom stereocenters. The molecule has 2 rings (SSSR count). The number of nitrogens with one attached hydrogen (secondary N) is 1. The van der Waals surface area contributed by atoms with Crippen LogP contribution < -0.4 is 5.32 Å². The van der Waals surface area contributed by atoms with Crippen molar-refractivity contribution in [3.05, 3.63) is 59.9 Å². The van der Waals surface area contributed by atoms with E-state index in [0.717, 1.165) is 17.5 Å². The van der Waals surface area contributed by atoms with Gasteiger partial charge in [-0.15, -0.1) is 0 Å². The third-order valence-corrected chi connectivity index (χ3v) is 3.28. The first kappa shape index (κ1) is 15.7. The number of pyridine rings is 1. The molecule has 1 heterocycles. The summed E-state index contributed by atoms with van der Waals surface area (Å²) in [5, 5.41) is 2.64. The lowest BCUT2D eigenvalue weighted by atomic mass is 10.1. The molecule has 0 radical (unpaired) electrons. The molecule has 22 heavy (non-hydrogen) atoms. The number of nitrogens with zero attached hydrogens (tertiary/aromatic N) is 2. The first-order chi connectivity index (χ1) is 10.6. The molecule has 0 spiro atoms. The summed E-state index contributed by atoms with van der Waals surface area (Å²) in [6.45, 7) is 2.38. The van der Waals surface area contributed by atoms with Crippen LogP contribution in [0.5, 0.6) is 0 Å². The zero-order chi connectivity index (χ0) is 15.9. The molecular weight excluding hydrogens is 278 g/mol. The van der Waals surface area contributed by atoms with E-state index in [1.807, 2.05) is 31.2 Å². The number of rotatable bonds is 4. The maximum Gasteiger partial charge on any atom is 0.313 e. The average Bonchev–Trinajstić information content (AvgIpc) is 2.55. The number of aryl methyl sites for hydroxylation is 1. The zero-order valence-electron chi connectivity index (χ0n) is 12.7. The molecule has 2 amide bonds. The number of carbonyl (C=O) groups excluding carboxylic acids is 2. The van der Waals surface area contributed by atoms with E-state index in [1.54, 1.807) is 31.6 Å². The van der Waals surface area contributed by atoms with Crippen molar-refractivity contribution in [3.63, 3.8) is 0 Å². The molecule has 0 fully saturated rings. The van der Waals surface area contributed by atoms with E-state index in [9.17, 15) is 9.59 Å². The summed E-state index contributed by atoms with van der Waals surface area (Å²) >= 11 is 0. The largest absolute Gasteiger partial charge is 0.333 e. The fraction of sp³-hybridized carbons (Fsp3) is 0.235. The quantitative estimate of drug-likeness (QED) is 0.880. The zero-order valence-corrected chi connectivity index (χ0v) is 12.7. The summed E-state index contributed by atoms with van der Waals surface area (Å²) in [5.74, 6) is -1.22. The van der Waals surface area contributed by atoms with E-state index < -0.39 is 11.8 Å². The summed E-state index contributed by atoms with van der Waals surface area (Å²) in [4.78, 5) is 29.5. The van der Waals surface area contributed by atoms with Gasteiger partial charge in [-0.3, -0.25) is 14.6 Å². The van der Waals surface area contributed by atoms with Crippen LogP contribution in [-0.2, 0) is 22.6 Å². The van der Waals surface area contributed by atoms with Gasteiger partial charge in [0, 0.05) is 31.7 Å². The predicted octanol–water partition coefficient (Wildman–Crippen LogP) is 2.24. The van der Waals surface area contributed by atoms with Gasteiger partial charge in [-0.1, -0.05) is 25.1 Å². The van der Waals surface area contributed by atoms with Gasteiger partial charge in [0.2, 0.25) is 0 Å². The smallest absolute Gasteiger partial charge is 0.313 e. The van der Waals surface area contributed by atoms with Crippen molar-refractivity contribution in [3.8, 4) is 0 Å². The minimum atomic E-state index is -0.639. The van der Waals surface area contributed by atoms with Crippen LogP contribution in [-0.4, -0.2) is 28.7 Å².